The van der Waals surface area contributed by atoms with E-state index in [2.05, 4.69) is 42.4 Å². The number of amides is 1. The Morgan fingerprint density at radius 1 is 1.13 bits per heavy atom. The van der Waals surface area contributed by atoms with E-state index < -0.39 is 17.5 Å². The van der Waals surface area contributed by atoms with Gasteiger partial charge in [0.15, 0.2) is 17.2 Å². The predicted molar refractivity (Wildman–Crippen MR) is 140 cm³/mol. The highest BCUT2D eigenvalue weighted by atomic mass is 16.5. The number of aryl methyl sites for hydroxylation is 1. The van der Waals surface area contributed by atoms with Gasteiger partial charge in [-0.15, -0.1) is 0 Å². The van der Waals surface area contributed by atoms with Crippen molar-refractivity contribution in [3.63, 3.8) is 0 Å². The van der Waals surface area contributed by atoms with Gasteiger partial charge < -0.3 is 15.6 Å². The molecule has 1 unspecified atom stereocenters. The van der Waals surface area contributed by atoms with Crippen molar-refractivity contribution in [2.24, 2.45) is 7.05 Å². The van der Waals surface area contributed by atoms with Gasteiger partial charge in [-0.25, -0.2) is 9.97 Å². The Bertz CT molecular complexity index is 1710. The van der Waals surface area contributed by atoms with E-state index in [0.29, 0.717) is 11.3 Å². The van der Waals surface area contributed by atoms with Crippen molar-refractivity contribution in [3.8, 4) is 17.5 Å². The Morgan fingerprint density at radius 3 is 2.55 bits per heavy atom. The molecule has 0 aliphatic rings. The minimum atomic E-state index is -0.744. The molecule has 12 nitrogen and oxygen atoms in total. The normalized spacial score (nSPS) is 11.2. The third kappa shape index (κ3) is 5.12. The zero-order valence-corrected chi connectivity index (χ0v) is 21.2. The number of aromatic nitrogens is 7. The van der Waals surface area contributed by atoms with Gasteiger partial charge in [0.05, 0.1) is 23.5 Å². The maximum atomic E-state index is 13.7. The first kappa shape index (κ1) is 25.8. The lowest BCUT2D eigenvalue weighted by Gasteiger charge is -2.18. The van der Waals surface area contributed by atoms with E-state index >= 15 is 0 Å². The number of carbonyl (C=O) groups excluding carboxylic acids is 1. The average Bonchev–Trinajstić information content (AvgIpc) is 3.54. The molecule has 0 saturated heterocycles. The third-order valence-electron chi connectivity index (χ3n) is 5.26. The molecule has 12 heteroatoms. The number of hydrogen-bond acceptors (Lipinski definition) is 9. The largest absolute Gasteiger partial charge is 0.382 e. The molecule has 0 aliphatic carbocycles. The Balaban J connectivity index is 0.00000164. The number of nitrogens with two attached hydrogens (primary N) is 1. The molecule has 0 bridgehead atoms. The summed E-state index contributed by atoms with van der Waals surface area (Å²) in [5.41, 5.74) is 6.64. The van der Waals surface area contributed by atoms with Crippen molar-refractivity contribution in [3.05, 3.63) is 88.2 Å². The van der Waals surface area contributed by atoms with Gasteiger partial charge in [-0.3, -0.25) is 18.8 Å². The summed E-state index contributed by atoms with van der Waals surface area (Å²) in [6.45, 7) is 5.68. The maximum Gasteiger partial charge on any atom is 0.274 e. The molecule has 1 amide bonds. The summed E-state index contributed by atoms with van der Waals surface area (Å²) in [5.74, 6) is 5.42. The van der Waals surface area contributed by atoms with Gasteiger partial charge in [0.25, 0.3) is 17.2 Å². The highest BCUT2D eigenvalue weighted by Crippen LogP contribution is 2.20. The van der Waals surface area contributed by atoms with Gasteiger partial charge in [0.2, 0.25) is 0 Å². The van der Waals surface area contributed by atoms with Crippen LogP contribution in [0.15, 0.2) is 64.4 Å². The molecule has 0 radical (unpaired) electrons. The Hall–Kier alpha value is -5.31. The summed E-state index contributed by atoms with van der Waals surface area (Å²) < 4.78 is 8.37. The van der Waals surface area contributed by atoms with E-state index in [1.807, 2.05) is 19.9 Å². The molecule has 5 rings (SSSR count). The van der Waals surface area contributed by atoms with Crippen LogP contribution in [0.25, 0.3) is 16.8 Å². The van der Waals surface area contributed by atoms with Gasteiger partial charge in [0, 0.05) is 25.6 Å². The van der Waals surface area contributed by atoms with Crippen LogP contribution in [0.1, 0.15) is 54.4 Å². The fourth-order valence-corrected chi connectivity index (χ4v) is 3.59. The topological polar surface area (TPSA) is 160 Å². The van der Waals surface area contributed by atoms with Crippen LogP contribution in [-0.2, 0) is 7.05 Å². The number of carbonyl (C=O) groups is 1. The molecule has 0 fully saturated rings. The van der Waals surface area contributed by atoms with Crippen LogP contribution in [0.4, 0.5) is 5.82 Å². The lowest BCUT2D eigenvalue weighted by molar-refractivity contribution is 0.0933. The van der Waals surface area contributed by atoms with Crippen molar-refractivity contribution in [1.82, 2.24) is 39.8 Å². The lowest BCUT2D eigenvalue weighted by atomic mass is 10.2. The first-order valence-corrected chi connectivity index (χ1v) is 11.8. The summed E-state index contributed by atoms with van der Waals surface area (Å²) in [6.07, 6.45) is 6.09. The van der Waals surface area contributed by atoms with Crippen LogP contribution >= 0.6 is 0 Å². The quantitative estimate of drug-likeness (QED) is 0.345. The van der Waals surface area contributed by atoms with E-state index in [1.54, 1.807) is 55.3 Å². The van der Waals surface area contributed by atoms with Crippen molar-refractivity contribution in [2.45, 2.75) is 26.8 Å². The Labute approximate surface area is 217 Å². The number of nitrogen functional groups attached to an aromatic ring is 1. The van der Waals surface area contributed by atoms with Crippen LogP contribution in [-0.4, -0.2) is 40.4 Å². The second kappa shape index (κ2) is 11.2. The minimum absolute atomic E-state index is 0.00205. The molecular weight excluding hydrogens is 486 g/mol. The highest BCUT2D eigenvalue weighted by molar-refractivity contribution is 5.96. The smallest absolute Gasteiger partial charge is 0.274 e. The van der Waals surface area contributed by atoms with E-state index in [4.69, 9.17) is 10.3 Å². The first-order valence-electron chi connectivity index (χ1n) is 11.8. The molecule has 5 aromatic rings. The molecule has 192 valence electrons. The van der Waals surface area contributed by atoms with Gasteiger partial charge in [-0.2, -0.15) is 10.1 Å². The molecular formula is C26H25N9O3. The van der Waals surface area contributed by atoms with Crippen molar-refractivity contribution in [2.75, 3.05) is 5.73 Å². The van der Waals surface area contributed by atoms with Crippen molar-refractivity contribution >= 4 is 22.8 Å². The van der Waals surface area contributed by atoms with E-state index in [1.165, 1.54) is 17.0 Å². The zero-order chi connectivity index (χ0) is 27.2. The van der Waals surface area contributed by atoms with Gasteiger partial charge in [-0.1, -0.05) is 43.1 Å². The zero-order valence-electron chi connectivity index (χ0n) is 21.2. The number of benzene rings is 1. The molecule has 4 heterocycles. The summed E-state index contributed by atoms with van der Waals surface area (Å²) in [5, 5.41) is 10.9. The fraction of sp³-hybridized carbons (Fsp3) is 0.192. The second-order valence-corrected chi connectivity index (χ2v) is 7.80. The maximum absolute atomic E-state index is 13.7. The van der Waals surface area contributed by atoms with Gasteiger partial charge >= 0.3 is 0 Å². The van der Waals surface area contributed by atoms with Crippen LogP contribution in [0.3, 0.4) is 0 Å². The Kier molecular flexibility index (Phi) is 7.58. The predicted octanol–water partition coefficient (Wildman–Crippen LogP) is 2.40. The molecule has 4 aromatic heterocycles. The van der Waals surface area contributed by atoms with Crippen molar-refractivity contribution in [1.29, 1.82) is 0 Å². The summed E-state index contributed by atoms with van der Waals surface area (Å²) in [6, 6.07) is 8.16. The van der Waals surface area contributed by atoms with E-state index in [9.17, 15) is 9.59 Å². The monoisotopic (exact) mass is 511 g/mol. The van der Waals surface area contributed by atoms with E-state index in [0.717, 1.165) is 0 Å². The summed E-state index contributed by atoms with van der Waals surface area (Å²) >= 11 is 0. The SMILES string of the molecule is CC.CC(NC(=O)c1nccnc1N)c1nc2onc(C#Cc3cnn(C)c3)c2c(=O)n1-c1ccccc1. The summed E-state index contributed by atoms with van der Waals surface area (Å²) in [7, 11) is 1.78. The molecule has 1 atom stereocenters. The lowest BCUT2D eigenvalue weighted by Crippen LogP contribution is -2.34. The Morgan fingerprint density at radius 2 is 1.87 bits per heavy atom. The third-order valence-corrected chi connectivity index (χ3v) is 5.26. The molecule has 0 saturated carbocycles. The van der Waals surface area contributed by atoms with E-state index in [-0.39, 0.29) is 34.1 Å². The second-order valence-electron chi connectivity index (χ2n) is 7.80. The van der Waals surface area contributed by atoms with Gasteiger partial charge in [-0.05, 0) is 25.0 Å². The average molecular weight is 512 g/mol. The minimum Gasteiger partial charge on any atom is -0.382 e. The standard InChI is InChI=1S/C24H19N9O3.C2H6/c1-14(29-22(34)19-20(25)27-11-10-26-19)21-30-23-18(24(35)33(21)16-6-4-3-5-7-16)17(31-36-23)9-8-15-12-28-32(2)13-15;1-2/h3-7,10-14H,1-2H3,(H2,25,27)(H,29,34);1-2H3. The number of anilines is 1. The number of nitrogens with one attached hydrogen (secondary N) is 1. The van der Waals surface area contributed by atoms with Crippen molar-refractivity contribution < 1.29 is 9.32 Å². The van der Waals surface area contributed by atoms with Crippen LogP contribution in [0.5, 0.6) is 0 Å². The van der Waals surface area contributed by atoms with Crippen LogP contribution < -0.4 is 16.6 Å². The number of hydrogen-bond donors (Lipinski definition) is 2. The first-order chi connectivity index (χ1) is 18.4. The molecule has 0 aliphatic heterocycles. The summed E-state index contributed by atoms with van der Waals surface area (Å²) in [4.78, 5) is 38.9. The molecule has 3 N–H and O–H groups in total. The molecule has 38 heavy (non-hydrogen) atoms. The van der Waals surface area contributed by atoms with Crippen LogP contribution in [0.2, 0.25) is 0 Å². The van der Waals surface area contributed by atoms with Gasteiger partial charge in [0.1, 0.15) is 11.2 Å². The fourth-order valence-electron chi connectivity index (χ4n) is 3.59. The number of para-hydroxylation sites is 1. The number of rotatable bonds is 4. The van der Waals surface area contributed by atoms with Crippen LogP contribution in [0, 0.1) is 11.8 Å². The highest BCUT2D eigenvalue weighted by Gasteiger charge is 2.24. The number of fused-ring (bicyclic) bond motifs is 1. The number of nitrogens with zero attached hydrogens (tertiary/aromatic N) is 7. The molecule has 1 aromatic carbocycles. The molecule has 0 spiro atoms.